The first-order valence-electron chi connectivity index (χ1n) is 7.87. The Labute approximate surface area is 164 Å². The Morgan fingerprint density at radius 3 is 2.25 bits per heavy atom. The summed E-state index contributed by atoms with van der Waals surface area (Å²) in [5.74, 6) is -1.13. The number of hydrogen-bond donors (Lipinski definition) is 0. The largest absolute Gasteiger partial charge is 0.495 e. The summed E-state index contributed by atoms with van der Waals surface area (Å²) in [5, 5.41) is 0.201. The molecule has 5 nitrogen and oxygen atoms in total. The van der Waals surface area contributed by atoms with Crippen molar-refractivity contribution in [1.82, 2.24) is 0 Å². The average Bonchev–Trinajstić information content (AvgIpc) is 2.60. The van der Waals surface area contributed by atoms with Gasteiger partial charge in [-0.15, -0.1) is 0 Å². The van der Waals surface area contributed by atoms with Crippen LogP contribution < -0.4 is 4.74 Å². The molecule has 0 saturated carbocycles. The van der Waals surface area contributed by atoms with Crippen molar-refractivity contribution >= 4 is 27.4 Å². The van der Waals surface area contributed by atoms with E-state index in [2.05, 4.69) is 4.74 Å². The van der Waals surface area contributed by atoms with Gasteiger partial charge in [0.2, 0.25) is 0 Å². The minimum absolute atomic E-state index is 0.135. The van der Waals surface area contributed by atoms with Crippen molar-refractivity contribution in [2.45, 2.75) is 18.0 Å². The number of esters is 1. The van der Waals surface area contributed by atoms with Crippen LogP contribution in [0.3, 0.4) is 0 Å². The predicted octanol–water partition coefficient (Wildman–Crippen LogP) is 4.37. The third-order valence-corrected chi connectivity index (χ3v) is 5.79. The van der Waals surface area contributed by atoms with Gasteiger partial charge in [0.1, 0.15) is 12.4 Å². The van der Waals surface area contributed by atoms with Gasteiger partial charge in [-0.1, -0.05) is 23.7 Å². The van der Waals surface area contributed by atoms with Crippen molar-refractivity contribution < 1.29 is 35.9 Å². The second kappa shape index (κ2) is 8.40. The van der Waals surface area contributed by atoms with E-state index in [1.807, 2.05) is 0 Å². The number of benzene rings is 2. The number of hydrogen-bond acceptors (Lipinski definition) is 5. The zero-order valence-electron chi connectivity index (χ0n) is 14.8. The first kappa shape index (κ1) is 22.0. The highest BCUT2D eigenvalue weighted by Gasteiger charge is 2.37. The van der Waals surface area contributed by atoms with Gasteiger partial charge < -0.3 is 9.47 Å². The lowest BCUT2D eigenvalue weighted by Gasteiger charge is -2.15. The normalized spacial score (nSPS) is 11.9. The van der Waals surface area contributed by atoms with E-state index in [0.717, 1.165) is 19.1 Å². The number of methoxy groups -OCH3 is 1. The molecule has 0 fully saturated rings. The lowest BCUT2D eigenvalue weighted by Crippen LogP contribution is -2.19. The summed E-state index contributed by atoms with van der Waals surface area (Å²) >= 11 is 6.01. The van der Waals surface area contributed by atoms with Gasteiger partial charge in [-0.3, -0.25) is 4.79 Å². The topological polar surface area (TPSA) is 69.7 Å². The molecule has 0 bridgehead atoms. The van der Waals surface area contributed by atoms with Crippen LogP contribution in [0.15, 0.2) is 41.3 Å². The predicted molar refractivity (Wildman–Crippen MR) is 97.1 cm³/mol. The maximum atomic E-state index is 13.5. The molecule has 0 unspecified atom stereocenters. The molecule has 0 atom stereocenters. The highest BCUT2D eigenvalue weighted by molar-refractivity contribution is 7.91. The summed E-state index contributed by atoms with van der Waals surface area (Å²) in [6, 6.07) is 7.32. The molecule has 0 spiro atoms. The highest BCUT2D eigenvalue weighted by atomic mass is 35.5. The maximum absolute atomic E-state index is 13.5. The Balaban J connectivity index is 2.50. The lowest BCUT2D eigenvalue weighted by atomic mass is 10.0. The minimum Gasteiger partial charge on any atom is -0.495 e. The van der Waals surface area contributed by atoms with E-state index in [4.69, 9.17) is 16.3 Å². The van der Waals surface area contributed by atoms with E-state index < -0.39 is 44.8 Å². The van der Waals surface area contributed by atoms with Gasteiger partial charge in [-0.25, -0.2) is 8.42 Å². The molecule has 2 aromatic rings. The fraction of sp³-hybridized carbons (Fsp3) is 0.278. The Bertz CT molecular complexity index is 987. The standard InChI is InChI=1S/C18H16ClF3O5S/c1-11(23)27-7-8-28(24,25)17-6-4-12(9-14(17)18(20,21)22)13-3-5-16(26-2)15(19)10-13/h3-6,9-10H,7-8H2,1-2H3. The SMILES string of the molecule is COc1ccc(-c2ccc(S(=O)(=O)CCOC(C)=O)c(C(F)(F)F)c2)cc1Cl. The number of halogens is 4. The molecule has 0 aromatic heterocycles. The molecule has 0 aliphatic carbocycles. The van der Waals surface area contributed by atoms with Crippen molar-refractivity contribution in [3.05, 3.63) is 47.0 Å². The number of carbonyl (C=O) groups excluding carboxylic acids is 1. The molecule has 10 heteroatoms. The van der Waals surface area contributed by atoms with Crippen molar-refractivity contribution in [1.29, 1.82) is 0 Å². The Kier molecular flexibility index (Phi) is 6.61. The van der Waals surface area contributed by atoms with E-state index in [9.17, 15) is 26.4 Å². The van der Waals surface area contributed by atoms with Gasteiger partial charge in [0.25, 0.3) is 0 Å². The molecule has 0 aliphatic heterocycles. The number of sulfone groups is 1. The molecule has 0 amide bonds. The van der Waals surface area contributed by atoms with Gasteiger partial charge in [-0.05, 0) is 35.4 Å². The summed E-state index contributed by atoms with van der Waals surface area (Å²) in [5.41, 5.74) is -0.809. The fourth-order valence-corrected chi connectivity index (χ4v) is 4.02. The first-order valence-corrected chi connectivity index (χ1v) is 9.90. The molecule has 28 heavy (non-hydrogen) atoms. The monoisotopic (exact) mass is 436 g/mol. The van der Waals surface area contributed by atoms with Crippen LogP contribution in [0.5, 0.6) is 5.75 Å². The maximum Gasteiger partial charge on any atom is 0.417 e. The molecular weight excluding hydrogens is 421 g/mol. The van der Waals surface area contributed by atoms with E-state index >= 15 is 0 Å². The second-order valence-electron chi connectivity index (χ2n) is 5.72. The summed E-state index contributed by atoms with van der Waals surface area (Å²) in [7, 11) is -2.93. The second-order valence-corrected chi connectivity index (χ2v) is 8.20. The molecule has 2 rings (SSSR count). The van der Waals surface area contributed by atoms with Gasteiger partial charge in [-0.2, -0.15) is 13.2 Å². The molecular formula is C18H16ClF3O5S. The molecule has 0 saturated heterocycles. The minimum atomic E-state index is -4.91. The summed E-state index contributed by atoms with van der Waals surface area (Å²) in [4.78, 5) is 9.87. The van der Waals surface area contributed by atoms with Gasteiger partial charge in [0.05, 0.1) is 28.3 Å². The van der Waals surface area contributed by atoms with Gasteiger partial charge >= 0.3 is 12.1 Å². The first-order chi connectivity index (χ1) is 13.0. The van der Waals surface area contributed by atoms with Crippen molar-refractivity contribution in [2.75, 3.05) is 19.5 Å². The van der Waals surface area contributed by atoms with Crippen LogP contribution in [0.1, 0.15) is 12.5 Å². The van der Waals surface area contributed by atoms with E-state index in [0.29, 0.717) is 11.3 Å². The Morgan fingerprint density at radius 1 is 1.11 bits per heavy atom. The highest BCUT2D eigenvalue weighted by Crippen LogP contribution is 2.38. The van der Waals surface area contributed by atoms with E-state index in [1.165, 1.54) is 31.4 Å². The van der Waals surface area contributed by atoms with Crippen LogP contribution in [0.2, 0.25) is 5.02 Å². The average molecular weight is 437 g/mol. The molecule has 0 heterocycles. The number of ether oxygens (including phenoxy) is 2. The number of carbonyl (C=O) groups is 1. The quantitative estimate of drug-likeness (QED) is 0.629. The van der Waals surface area contributed by atoms with Crippen molar-refractivity contribution in [3.8, 4) is 16.9 Å². The van der Waals surface area contributed by atoms with Crippen LogP contribution in [0.4, 0.5) is 13.2 Å². The van der Waals surface area contributed by atoms with Crippen molar-refractivity contribution in [3.63, 3.8) is 0 Å². The zero-order valence-corrected chi connectivity index (χ0v) is 16.4. The Hall–Kier alpha value is -2.26. The molecule has 0 N–H and O–H groups in total. The molecule has 152 valence electrons. The zero-order chi connectivity index (χ0) is 21.1. The van der Waals surface area contributed by atoms with Gasteiger partial charge in [0, 0.05) is 6.92 Å². The third kappa shape index (κ3) is 5.17. The van der Waals surface area contributed by atoms with Crippen LogP contribution in [-0.4, -0.2) is 33.9 Å². The third-order valence-electron chi connectivity index (χ3n) is 3.76. The van der Waals surface area contributed by atoms with E-state index in [-0.39, 0.29) is 10.6 Å². The van der Waals surface area contributed by atoms with Gasteiger partial charge in [0.15, 0.2) is 9.84 Å². The van der Waals surface area contributed by atoms with E-state index in [1.54, 1.807) is 0 Å². The molecule has 0 aliphatic rings. The summed E-state index contributed by atoms with van der Waals surface area (Å²) in [6.45, 7) is 0.535. The number of alkyl halides is 3. The van der Waals surface area contributed by atoms with Crippen LogP contribution >= 0.6 is 11.6 Å². The Morgan fingerprint density at radius 2 is 1.71 bits per heavy atom. The van der Waals surface area contributed by atoms with Crippen LogP contribution in [0.25, 0.3) is 11.1 Å². The summed E-state index contributed by atoms with van der Waals surface area (Å²) < 4.78 is 74.8. The smallest absolute Gasteiger partial charge is 0.417 e. The van der Waals surface area contributed by atoms with Crippen LogP contribution in [-0.2, 0) is 25.5 Å². The van der Waals surface area contributed by atoms with Crippen LogP contribution in [0, 0.1) is 0 Å². The lowest BCUT2D eigenvalue weighted by molar-refractivity contribution is -0.141. The molecule has 0 radical (unpaired) electrons. The number of rotatable bonds is 6. The molecule has 2 aromatic carbocycles. The fourth-order valence-electron chi connectivity index (χ4n) is 2.45. The summed E-state index contributed by atoms with van der Waals surface area (Å²) in [6.07, 6.45) is -4.91. The van der Waals surface area contributed by atoms with Crippen molar-refractivity contribution in [2.24, 2.45) is 0 Å².